The summed E-state index contributed by atoms with van der Waals surface area (Å²) in [5.74, 6) is 1.58. The van der Waals surface area contributed by atoms with Gasteiger partial charge in [0.2, 0.25) is 11.8 Å². The Morgan fingerprint density at radius 3 is 2.75 bits per heavy atom. The van der Waals surface area contributed by atoms with Crippen LogP contribution >= 0.6 is 0 Å². The molecule has 1 aliphatic carbocycles. The summed E-state index contributed by atoms with van der Waals surface area (Å²) in [6, 6.07) is -0.422. The first kappa shape index (κ1) is 15.0. The zero-order valence-corrected chi connectivity index (χ0v) is 12.3. The number of hydrogen-bond acceptors (Lipinski definition) is 5. The number of aromatic nitrogens is 2. The first-order valence-corrected chi connectivity index (χ1v) is 7.44. The van der Waals surface area contributed by atoms with Crippen molar-refractivity contribution in [2.45, 2.75) is 70.4 Å². The summed E-state index contributed by atoms with van der Waals surface area (Å²) in [4.78, 5) is 16.1. The van der Waals surface area contributed by atoms with Crippen LogP contribution in [-0.2, 0) is 4.79 Å². The van der Waals surface area contributed by atoms with Crippen LogP contribution in [-0.4, -0.2) is 22.1 Å². The molecule has 0 radical (unpaired) electrons. The normalized spacial score (nSPS) is 19.6. The predicted molar refractivity (Wildman–Crippen MR) is 74.9 cm³/mol. The van der Waals surface area contributed by atoms with Gasteiger partial charge in [-0.25, -0.2) is 0 Å². The molecule has 0 aromatic carbocycles. The van der Waals surface area contributed by atoms with Crippen LogP contribution in [0.3, 0.4) is 0 Å². The van der Waals surface area contributed by atoms with Crippen molar-refractivity contribution in [2.24, 2.45) is 5.73 Å². The fraction of sp³-hybridized carbons (Fsp3) is 0.786. The minimum absolute atomic E-state index is 0.0927. The molecule has 1 aromatic heterocycles. The molecule has 1 fully saturated rings. The van der Waals surface area contributed by atoms with Crippen LogP contribution in [0.4, 0.5) is 0 Å². The quantitative estimate of drug-likeness (QED) is 0.860. The monoisotopic (exact) mass is 280 g/mol. The fourth-order valence-electron chi connectivity index (χ4n) is 2.60. The minimum atomic E-state index is -0.272. The number of rotatable bonds is 5. The predicted octanol–water partition coefficient (Wildman–Crippen LogP) is 2.03. The minimum Gasteiger partial charge on any atom is -0.345 e. The van der Waals surface area contributed by atoms with Gasteiger partial charge in [0, 0.05) is 18.4 Å². The van der Waals surface area contributed by atoms with Crippen LogP contribution in [0.1, 0.15) is 76.0 Å². The molecular weight excluding hydrogens is 256 g/mol. The van der Waals surface area contributed by atoms with Crippen molar-refractivity contribution in [1.29, 1.82) is 0 Å². The smallest absolute Gasteiger partial charge is 0.248 e. The number of hydrogen-bond donors (Lipinski definition) is 2. The van der Waals surface area contributed by atoms with Crippen molar-refractivity contribution in [3.63, 3.8) is 0 Å². The summed E-state index contributed by atoms with van der Waals surface area (Å²) in [6.45, 7) is 3.65. The van der Waals surface area contributed by atoms with Crippen LogP contribution in [0.5, 0.6) is 0 Å². The second kappa shape index (κ2) is 6.83. The molecule has 1 amide bonds. The Labute approximate surface area is 119 Å². The summed E-state index contributed by atoms with van der Waals surface area (Å²) in [7, 11) is 0. The van der Waals surface area contributed by atoms with E-state index < -0.39 is 0 Å². The van der Waals surface area contributed by atoms with Gasteiger partial charge in [0.15, 0.2) is 5.82 Å². The van der Waals surface area contributed by atoms with Gasteiger partial charge in [0.25, 0.3) is 0 Å². The maximum atomic E-state index is 11.7. The molecule has 1 aromatic rings. The van der Waals surface area contributed by atoms with Crippen molar-refractivity contribution in [3.05, 3.63) is 11.7 Å². The molecule has 1 saturated carbocycles. The highest BCUT2D eigenvalue weighted by Crippen LogP contribution is 2.31. The number of carbonyl (C=O) groups is 1. The highest BCUT2D eigenvalue weighted by atomic mass is 16.5. The van der Waals surface area contributed by atoms with Crippen LogP contribution in [0.15, 0.2) is 4.52 Å². The third-order valence-electron chi connectivity index (χ3n) is 3.68. The zero-order chi connectivity index (χ0) is 14.5. The van der Waals surface area contributed by atoms with Crippen molar-refractivity contribution < 1.29 is 9.32 Å². The van der Waals surface area contributed by atoms with Gasteiger partial charge in [-0.05, 0) is 26.7 Å². The molecule has 2 atom stereocenters. The lowest BCUT2D eigenvalue weighted by molar-refractivity contribution is -0.122. The van der Waals surface area contributed by atoms with Crippen molar-refractivity contribution in [3.8, 4) is 0 Å². The van der Waals surface area contributed by atoms with E-state index in [4.69, 9.17) is 10.3 Å². The Bertz CT molecular complexity index is 438. The lowest BCUT2D eigenvalue weighted by atomic mass is 9.89. The second-order valence-electron chi connectivity index (χ2n) is 5.80. The van der Waals surface area contributed by atoms with Gasteiger partial charge in [0.1, 0.15) is 6.04 Å². The van der Waals surface area contributed by atoms with Crippen molar-refractivity contribution in [1.82, 2.24) is 15.5 Å². The average Bonchev–Trinajstić information content (AvgIpc) is 2.88. The number of carbonyl (C=O) groups excluding carboxylic acids is 1. The van der Waals surface area contributed by atoms with Gasteiger partial charge in [-0.15, -0.1) is 0 Å². The summed E-state index contributed by atoms with van der Waals surface area (Å²) in [6.07, 6.45) is 6.32. The first-order chi connectivity index (χ1) is 9.56. The van der Waals surface area contributed by atoms with Gasteiger partial charge in [0.05, 0.1) is 0 Å². The summed E-state index contributed by atoms with van der Waals surface area (Å²) >= 11 is 0. The summed E-state index contributed by atoms with van der Waals surface area (Å²) < 4.78 is 5.28. The van der Waals surface area contributed by atoms with E-state index in [1.807, 2.05) is 6.92 Å². The lowest BCUT2D eigenvalue weighted by Gasteiger charge is -2.17. The van der Waals surface area contributed by atoms with E-state index in [1.165, 1.54) is 19.3 Å². The Morgan fingerprint density at radius 2 is 2.10 bits per heavy atom. The van der Waals surface area contributed by atoms with Gasteiger partial charge < -0.3 is 15.6 Å². The maximum Gasteiger partial charge on any atom is 0.248 e. The topological polar surface area (TPSA) is 94.0 Å². The van der Waals surface area contributed by atoms with Crippen LogP contribution in [0.25, 0.3) is 0 Å². The third kappa shape index (κ3) is 4.03. The Hall–Kier alpha value is -1.43. The Morgan fingerprint density at radius 1 is 1.40 bits per heavy atom. The van der Waals surface area contributed by atoms with E-state index >= 15 is 0 Å². The van der Waals surface area contributed by atoms with Crippen molar-refractivity contribution >= 4 is 5.91 Å². The van der Waals surface area contributed by atoms with Crippen LogP contribution < -0.4 is 11.1 Å². The summed E-state index contributed by atoms with van der Waals surface area (Å²) in [5.41, 5.74) is 5.60. The van der Waals surface area contributed by atoms with E-state index in [0.717, 1.165) is 18.7 Å². The fourth-order valence-corrected chi connectivity index (χ4v) is 2.60. The molecule has 3 N–H and O–H groups in total. The highest BCUT2D eigenvalue weighted by Gasteiger charge is 2.23. The molecule has 20 heavy (non-hydrogen) atoms. The zero-order valence-electron chi connectivity index (χ0n) is 12.3. The molecule has 2 rings (SSSR count). The van der Waals surface area contributed by atoms with E-state index in [0.29, 0.717) is 18.2 Å². The lowest BCUT2D eigenvalue weighted by Crippen LogP contribution is -2.31. The molecule has 112 valence electrons. The SMILES string of the molecule is CC(N)CC(=O)NC(C)c1nc(C2CCCCC2)no1. The standard InChI is InChI=1S/C14H24N4O2/c1-9(15)8-12(19)16-10(2)14-17-13(18-20-14)11-6-4-3-5-7-11/h9-11H,3-8,15H2,1-2H3,(H,16,19). The molecular formula is C14H24N4O2. The van der Waals surface area contributed by atoms with Crippen LogP contribution in [0, 0.1) is 0 Å². The largest absolute Gasteiger partial charge is 0.345 e. The Balaban J connectivity index is 1.92. The van der Waals surface area contributed by atoms with Gasteiger partial charge in [-0.3, -0.25) is 4.79 Å². The van der Waals surface area contributed by atoms with E-state index in [2.05, 4.69) is 15.5 Å². The van der Waals surface area contributed by atoms with E-state index in [1.54, 1.807) is 6.92 Å². The molecule has 2 unspecified atom stereocenters. The van der Waals surface area contributed by atoms with E-state index in [9.17, 15) is 4.79 Å². The molecule has 6 nitrogen and oxygen atoms in total. The first-order valence-electron chi connectivity index (χ1n) is 7.44. The van der Waals surface area contributed by atoms with Gasteiger partial charge >= 0.3 is 0 Å². The summed E-state index contributed by atoms with van der Waals surface area (Å²) in [5, 5.41) is 6.90. The van der Waals surface area contributed by atoms with Crippen LogP contribution in [0.2, 0.25) is 0 Å². The maximum absolute atomic E-state index is 11.7. The van der Waals surface area contributed by atoms with Gasteiger partial charge in [-0.2, -0.15) is 4.98 Å². The molecule has 0 saturated heterocycles. The molecule has 0 spiro atoms. The number of nitrogens with two attached hydrogens (primary N) is 1. The number of nitrogens with one attached hydrogen (secondary N) is 1. The molecule has 0 aliphatic heterocycles. The average molecular weight is 280 g/mol. The molecule has 1 heterocycles. The molecule has 6 heteroatoms. The van der Waals surface area contributed by atoms with Gasteiger partial charge in [-0.1, -0.05) is 24.4 Å². The molecule has 0 bridgehead atoms. The third-order valence-corrected chi connectivity index (χ3v) is 3.68. The van der Waals surface area contributed by atoms with E-state index in [-0.39, 0.29) is 18.0 Å². The number of amides is 1. The second-order valence-corrected chi connectivity index (χ2v) is 5.80. The highest BCUT2D eigenvalue weighted by molar-refractivity contribution is 5.76. The Kier molecular flexibility index (Phi) is 5.11. The van der Waals surface area contributed by atoms with Crippen molar-refractivity contribution in [2.75, 3.05) is 0 Å². The molecule has 1 aliphatic rings. The number of nitrogens with zero attached hydrogens (tertiary/aromatic N) is 2.